The van der Waals surface area contributed by atoms with Crippen molar-refractivity contribution < 1.29 is 17.2 Å². The van der Waals surface area contributed by atoms with Gasteiger partial charge in [0, 0.05) is 36.9 Å². The lowest BCUT2D eigenvalue weighted by Crippen LogP contribution is -2.54. The molecule has 2 aliphatic rings. The van der Waals surface area contributed by atoms with E-state index < -0.39 is 22.0 Å². The van der Waals surface area contributed by atoms with E-state index in [2.05, 4.69) is 39.0 Å². The zero-order valence-electron chi connectivity index (χ0n) is 19.3. The van der Waals surface area contributed by atoms with Gasteiger partial charge >= 0.3 is 0 Å². The maximum absolute atomic E-state index is 13.3. The lowest BCUT2D eigenvalue weighted by Gasteiger charge is -2.37. The number of imidazole rings is 1. The van der Waals surface area contributed by atoms with Crippen LogP contribution in [0, 0.1) is 6.92 Å². The van der Waals surface area contributed by atoms with Crippen molar-refractivity contribution in [1.29, 1.82) is 0 Å². The molecule has 9 nitrogen and oxygen atoms in total. The molecule has 1 aliphatic heterocycles. The van der Waals surface area contributed by atoms with Crippen LogP contribution in [0.1, 0.15) is 50.7 Å². The number of anilines is 1. The first-order valence-corrected chi connectivity index (χ1v) is 13.5. The summed E-state index contributed by atoms with van der Waals surface area (Å²) in [5, 5.41) is 10.9. The van der Waals surface area contributed by atoms with Crippen molar-refractivity contribution in [3.05, 3.63) is 23.0 Å². The number of hydrogen-bond donors (Lipinski definition) is 2. The standard InChI is InChI=1S/C21H27F2N7O2S2/c1-11-8-29(9-12(2)24-11)15-7-14(34(31,32)28-21(4)5-6-21)10-30-16(13(3)25-18(15)30)19-26-27-20(33-19)17(22)23/h7,10-12,17,24,28H,5-6,8-9H2,1-4H3/t11-,12-/m0/s1. The monoisotopic (exact) mass is 511 g/mol. The predicted molar refractivity (Wildman–Crippen MR) is 126 cm³/mol. The molecule has 2 atom stereocenters. The molecule has 2 fully saturated rings. The molecule has 0 bridgehead atoms. The van der Waals surface area contributed by atoms with E-state index in [1.165, 1.54) is 6.20 Å². The van der Waals surface area contributed by atoms with Crippen LogP contribution in [-0.2, 0) is 10.0 Å². The summed E-state index contributed by atoms with van der Waals surface area (Å²) >= 11 is 0.782. The molecule has 1 saturated carbocycles. The van der Waals surface area contributed by atoms with Gasteiger partial charge in [0.1, 0.15) is 10.6 Å². The highest BCUT2D eigenvalue weighted by Crippen LogP contribution is 2.38. The normalized spacial score (nSPS) is 22.6. The minimum atomic E-state index is -3.83. The second kappa shape index (κ2) is 8.18. The molecule has 184 valence electrons. The zero-order chi connectivity index (χ0) is 24.4. The van der Waals surface area contributed by atoms with Crippen molar-refractivity contribution in [1.82, 2.24) is 29.6 Å². The summed E-state index contributed by atoms with van der Waals surface area (Å²) in [6, 6.07) is 2.05. The minimum Gasteiger partial charge on any atom is -0.365 e. The van der Waals surface area contributed by atoms with Crippen LogP contribution in [0.25, 0.3) is 16.3 Å². The maximum atomic E-state index is 13.3. The summed E-state index contributed by atoms with van der Waals surface area (Å²) in [4.78, 5) is 6.94. The lowest BCUT2D eigenvalue weighted by molar-refractivity contribution is 0.150. The first-order chi connectivity index (χ1) is 16.0. The third-order valence-electron chi connectivity index (χ3n) is 6.27. The number of aromatic nitrogens is 4. The van der Waals surface area contributed by atoms with Crippen LogP contribution in [0.2, 0.25) is 0 Å². The number of halogens is 2. The maximum Gasteiger partial charge on any atom is 0.291 e. The molecule has 3 aromatic rings. The third kappa shape index (κ3) is 4.30. The van der Waals surface area contributed by atoms with E-state index in [1.54, 1.807) is 17.4 Å². The predicted octanol–water partition coefficient (Wildman–Crippen LogP) is 3.12. The quantitative estimate of drug-likeness (QED) is 0.524. The van der Waals surface area contributed by atoms with E-state index in [0.29, 0.717) is 35.8 Å². The molecule has 0 radical (unpaired) electrons. The van der Waals surface area contributed by atoms with Crippen LogP contribution in [0.5, 0.6) is 0 Å². The molecule has 5 rings (SSSR count). The number of hydrogen-bond acceptors (Lipinski definition) is 8. The topological polar surface area (TPSA) is 105 Å². The highest BCUT2D eigenvalue weighted by atomic mass is 32.2. The molecule has 1 saturated heterocycles. The van der Waals surface area contributed by atoms with Crippen LogP contribution in [0.4, 0.5) is 14.5 Å². The number of alkyl halides is 2. The van der Waals surface area contributed by atoms with Crippen molar-refractivity contribution in [2.45, 2.75) is 69.5 Å². The van der Waals surface area contributed by atoms with Crippen LogP contribution in [-0.4, -0.2) is 58.7 Å². The zero-order valence-corrected chi connectivity index (χ0v) is 21.0. The first-order valence-electron chi connectivity index (χ1n) is 11.2. The van der Waals surface area contributed by atoms with Crippen LogP contribution in [0.15, 0.2) is 17.2 Å². The van der Waals surface area contributed by atoms with Crippen LogP contribution in [0.3, 0.4) is 0 Å². The van der Waals surface area contributed by atoms with E-state index in [4.69, 9.17) is 4.98 Å². The van der Waals surface area contributed by atoms with Crippen LogP contribution >= 0.6 is 11.3 Å². The highest BCUT2D eigenvalue weighted by molar-refractivity contribution is 7.89. The fourth-order valence-electron chi connectivity index (χ4n) is 4.47. The lowest BCUT2D eigenvalue weighted by atomic mass is 10.1. The van der Waals surface area contributed by atoms with Crippen molar-refractivity contribution >= 4 is 32.7 Å². The van der Waals surface area contributed by atoms with Gasteiger partial charge in [0.15, 0.2) is 15.7 Å². The molecule has 13 heteroatoms. The van der Waals surface area contributed by atoms with Gasteiger partial charge < -0.3 is 10.2 Å². The fraction of sp³-hybridized carbons (Fsp3) is 0.571. The van der Waals surface area contributed by atoms with Crippen molar-refractivity contribution in [2.24, 2.45) is 0 Å². The number of pyridine rings is 1. The van der Waals surface area contributed by atoms with Gasteiger partial charge in [0.25, 0.3) is 6.43 Å². The highest BCUT2D eigenvalue weighted by Gasteiger charge is 2.41. The van der Waals surface area contributed by atoms with E-state index >= 15 is 0 Å². The summed E-state index contributed by atoms with van der Waals surface area (Å²) in [7, 11) is -3.83. The van der Waals surface area contributed by atoms with E-state index in [1.807, 2.05) is 6.92 Å². The molecule has 34 heavy (non-hydrogen) atoms. The number of nitrogens with zero attached hydrogens (tertiary/aromatic N) is 5. The minimum absolute atomic E-state index is 0.0965. The number of aryl methyl sites for hydroxylation is 1. The number of sulfonamides is 1. The summed E-state index contributed by atoms with van der Waals surface area (Å²) < 4.78 is 57.5. The van der Waals surface area contributed by atoms with E-state index in [0.717, 1.165) is 24.2 Å². The number of rotatable bonds is 6. The van der Waals surface area contributed by atoms with Gasteiger partial charge in [-0.3, -0.25) is 4.40 Å². The second-order valence-corrected chi connectivity index (χ2v) is 12.3. The molecule has 3 aromatic heterocycles. The van der Waals surface area contributed by atoms with Crippen molar-refractivity contribution in [3.8, 4) is 10.7 Å². The number of piperazine rings is 1. The third-order valence-corrected chi connectivity index (χ3v) is 8.81. The molecule has 2 N–H and O–H groups in total. The van der Waals surface area contributed by atoms with E-state index in [-0.39, 0.29) is 27.0 Å². The average Bonchev–Trinajstić information content (AvgIpc) is 3.12. The Hall–Kier alpha value is -2.22. The fourth-order valence-corrected chi connectivity index (χ4v) is 6.74. The molecule has 0 aromatic carbocycles. The SMILES string of the molecule is Cc1nc2c(N3C[C@H](C)N[C@@H](C)C3)cc(S(=O)(=O)NC3(C)CC3)cn2c1-c1nnc(C(F)F)s1. The van der Waals surface area contributed by atoms with Gasteiger partial charge in [-0.15, -0.1) is 10.2 Å². The van der Waals surface area contributed by atoms with Gasteiger partial charge in [-0.25, -0.2) is 26.9 Å². The Kier molecular flexibility index (Phi) is 5.66. The number of nitrogens with one attached hydrogen (secondary N) is 2. The summed E-state index contributed by atoms with van der Waals surface area (Å²) in [6.07, 6.45) is 0.334. The molecule has 0 spiro atoms. The molecular weight excluding hydrogens is 484 g/mol. The molecule has 0 unspecified atom stereocenters. The molecular formula is C21H27F2N7O2S2. The Morgan fingerprint density at radius 1 is 1.24 bits per heavy atom. The Bertz CT molecular complexity index is 1340. The van der Waals surface area contributed by atoms with Crippen molar-refractivity contribution in [2.75, 3.05) is 18.0 Å². The van der Waals surface area contributed by atoms with Gasteiger partial charge in [0.2, 0.25) is 10.0 Å². The van der Waals surface area contributed by atoms with Gasteiger partial charge in [0.05, 0.1) is 11.4 Å². The van der Waals surface area contributed by atoms with E-state index in [9.17, 15) is 17.2 Å². The summed E-state index contributed by atoms with van der Waals surface area (Å²) in [6.45, 7) is 9.13. The van der Waals surface area contributed by atoms with Crippen molar-refractivity contribution in [3.63, 3.8) is 0 Å². The Labute approximate surface area is 200 Å². The Morgan fingerprint density at radius 2 is 1.91 bits per heavy atom. The Morgan fingerprint density at radius 3 is 2.50 bits per heavy atom. The molecule has 1 aliphatic carbocycles. The van der Waals surface area contributed by atoms with Gasteiger partial charge in [-0.05, 0) is 46.6 Å². The van der Waals surface area contributed by atoms with Crippen LogP contribution < -0.4 is 14.9 Å². The smallest absolute Gasteiger partial charge is 0.291 e. The largest absolute Gasteiger partial charge is 0.365 e. The summed E-state index contributed by atoms with van der Waals surface area (Å²) in [5.41, 5.74) is 1.82. The number of fused-ring (bicyclic) bond motifs is 1. The summed E-state index contributed by atoms with van der Waals surface area (Å²) in [5.74, 6) is 0. The first kappa shape index (κ1) is 23.5. The van der Waals surface area contributed by atoms with Gasteiger partial charge in [-0.2, -0.15) is 0 Å². The van der Waals surface area contributed by atoms with Gasteiger partial charge in [-0.1, -0.05) is 11.3 Å². The molecule has 4 heterocycles. The molecule has 0 amide bonds. The Balaban J connectivity index is 1.71. The average molecular weight is 512 g/mol. The second-order valence-electron chi connectivity index (χ2n) is 9.59.